The number of hydrogen-bond acceptors (Lipinski definition) is 4. The number of aromatic nitrogens is 1. The topological polar surface area (TPSA) is 75.4 Å². The molecule has 0 radical (unpaired) electrons. The molecule has 1 aliphatic rings. The first-order valence-electron chi connectivity index (χ1n) is 5.98. The number of aryl methyl sites for hydroxylation is 1. The Morgan fingerprint density at radius 3 is 3.11 bits per heavy atom. The van der Waals surface area contributed by atoms with E-state index >= 15 is 0 Å². The van der Waals surface area contributed by atoms with Crippen LogP contribution in [0, 0.1) is 12.8 Å². The fraction of sp³-hybridized carbons (Fsp3) is 0.385. The summed E-state index contributed by atoms with van der Waals surface area (Å²) in [7, 11) is 0. The number of aliphatic carboxylic acids is 1. The number of rotatable bonds is 2. The Bertz CT molecular complexity index is 605. The van der Waals surface area contributed by atoms with Crippen LogP contribution in [0.4, 0.5) is 0 Å². The number of benzene rings is 1. The van der Waals surface area contributed by atoms with Crippen molar-refractivity contribution in [2.75, 3.05) is 6.54 Å². The third-order valence-corrected chi connectivity index (χ3v) is 3.56. The van der Waals surface area contributed by atoms with Crippen LogP contribution < -0.4 is 5.32 Å². The molecule has 1 aromatic heterocycles. The molecule has 1 aliphatic heterocycles. The maximum absolute atomic E-state index is 11.0. The Morgan fingerprint density at radius 2 is 2.39 bits per heavy atom. The van der Waals surface area contributed by atoms with Crippen molar-refractivity contribution in [3.8, 4) is 0 Å². The maximum atomic E-state index is 11.0. The lowest BCUT2D eigenvalue weighted by molar-refractivity contribution is -0.141. The molecule has 1 fully saturated rings. The third-order valence-electron chi connectivity index (χ3n) is 3.56. The Kier molecular flexibility index (Phi) is 2.56. The van der Waals surface area contributed by atoms with Gasteiger partial charge in [0.2, 0.25) is 0 Å². The van der Waals surface area contributed by atoms with Crippen molar-refractivity contribution in [1.29, 1.82) is 0 Å². The Hall–Kier alpha value is -1.88. The molecule has 18 heavy (non-hydrogen) atoms. The van der Waals surface area contributed by atoms with Gasteiger partial charge >= 0.3 is 5.97 Å². The molecule has 3 rings (SSSR count). The number of carbonyl (C=O) groups is 1. The number of carboxylic acid groups (broad SMARTS) is 1. The van der Waals surface area contributed by atoms with Crippen molar-refractivity contribution in [3.63, 3.8) is 0 Å². The number of carboxylic acids is 1. The fourth-order valence-electron chi connectivity index (χ4n) is 2.54. The van der Waals surface area contributed by atoms with Gasteiger partial charge in [-0.25, -0.2) is 0 Å². The summed E-state index contributed by atoms with van der Waals surface area (Å²) in [5, 5.41) is 17.2. The van der Waals surface area contributed by atoms with E-state index in [0.717, 1.165) is 22.2 Å². The van der Waals surface area contributed by atoms with Crippen LogP contribution in [0.15, 0.2) is 22.7 Å². The van der Waals surface area contributed by atoms with Gasteiger partial charge in [-0.15, -0.1) is 0 Å². The zero-order chi connectivity index (χ0) is 12.7. The molecule has 0 spiro atoms. The van der Waals surface area contributed by atoms with Gasteiger partial charge in [0.15, 0.2) is 5.58 Å². The number of hydrogen-bond donors (Lipinski definition) is 2. The second kappa shape index (κ2) is 4.10. The van der Waals surface area contributed by atoms with Gasteiger partial charge in [-0.1, -0.05) is 17.3 Å². The molecule has 2 unspecified atom stereocenters. The van der Waals surface area contributed by atoms with Crippen molar-refractivity contribution >= 4 is 16.9 Å². The molecule has 2 atom stereocenters. The molecule has 0 bridgehead atoms. The first-order chi connectivity index (χ1) is 8.66. The van der Waals surface area contributed by atoms with Gasteiger partial charge in [-0.3, -0.25) is 4.79 Å². The third kappa shape index (κ3) is 1.67. The van der Waals surface area contributed by atoms with Gasteiger partial charge in [0.1, 0.15) is 0 Å². The quantitative estimate of drug-likeness (QED) is 0.846. The predicted molar refractivity (Wildman–Crippen MR) is 65.2 cm³/mol. The highest BCUT2D eigenvalue weighted by Crippen LogP contribution is 2.32. The van der Waals surface area contributed by atoms with E-state index in [2.05, 4.69) is 10.5 Å². The minimum atomic E-state index is -0.745. The van der Waals surface area contributed by atoms with Crippen LogP contribution in [0.3, 0.4) is 0 Å². The highest BCUT2D eigenvalue weighted by atomic mass is 16.5. The van der Waals surface area contributed by atoms with Crippen LogP contribution in [0.5, 0.6) is 0 Å². The molecule has 2 heterocycles. The van der Waals surface area contributed by atoms with E-state index in [4.69, 9.17) is 9.63 Å². The molecule has 5 heteroatoms. The summed E-state index contributed by atoms with van der Waals surface area (Å²) in [4.78, 5) is 11.0. The van der Waals surface area contributed by atoms with E-state index in [0.29, 0.717) is 13.0 Å². The fourth-order valence-corrected chi connectivity index (χ4v) is 2.54. The number of para-hydroxylation sites is 1. The average molecular weight is 246 g/mol. The van der Waals surface area contributed by atoms with E-state index in [1.54, 1.807) is 0 Å². The molecular weight excluding hydrogens is 232 g/mol. The summed E-state index contributed by atoms with van der Waals surface area (Å²) < 4.78 is 5.35. The summed E-state index contributed by atoms with van der Waals surface area (Å²) in [6.45, 7) is 2.40. The standard InChI is InChI=1S/C13H14N2O3/c1-7-9-3-2-4-10(12(9)18-15-7)11-5-8(6-14-11)13(16)17/h2-4,8,11,14H,5-6H2,1H3,(H,16,17). The van der Waals surface area contributed by atoms with Crippen LogP contribution in [-0.2, 0) is 4.79 Å². The first-order valence-corrected chi connectivity index (χ1v) is 5.98. The van der Waals surface area contributed by atoms with Crippen molar-refractivity contribution in [2.24, 2.45) is 5.92 Å². The van der Waals surface area contributed by atoms with E-state index in [1.807, 2.05) is 25.1 Å². The Morgan fingerprint density at radius 1 is 1.56 bits per heavy atom. The van der Waals surface area contributed by atoms with E-state index < -0.39 is 5.97 Å². The van der Waals surface area contributed by atoms with Gasteiger partial charge in [0.05, 0.1) is 11.6 Å². The summed E-state index contributed by atoms with van der Waals surface area (Å²) in [5.41, 5.74) is 2.62. The summed E-state index contributed by atoms with van der Waals surface area (Å²) in [6, 6.07) is 5.92. The largest absolute Gasteiger partial charge is 0.481 e. The van der Waals surface area contributed by atoms with E-state index in [-0.39, 0.29) is 12.0 Å². The Balaban J connectivity index is 1.98. The molecule has 0 saturated carbocycles. The van der Waals surface area contributed by atoms with Crippen LogP contribution in [0.1, 0.15) is 23.7 Å². The predicted octanol–water partition coefficient (Wildman–Crippen LogP) is 1.87. The zero-order valence-electron chi connectivity index (χ0n) is 10.0. The zero-order valence-corrected chi connectivity index (χ0v) is 10.0. The lowest BCUT2D eigenvalue weighted by Gasteiger charge is -2.10. The molecule has 1 aromatic carbocycles. The molecule has 2 N–H and O–H groups in total. The highest BCUT2D eigenvalue weighted by molar-refractivity contribution is 5.82. The van der Waals surface area contributed by atoms with Gasteiger partial charge < -0.3 is 14.9 Å². The summed E-state index contributed by atoms with van der Waals surface area (Å²) in [5.74, 6) is -1.07. The second-order valence-corrected chi connectivity index (χ2v) is 4.72. The molecule has 0 aliphatic carbocycles. The normalized spacial score (nSPS) is 23.6. The molecule has 1 saturated heterocycles. The smallest absolute Gasteiger partial charge is 0.307 e. The second-order valence-electron chi connectivity index (χ2n) is 4.72. The van der Waals surface area contributed by atoms with E-state index in [1.165, 1.54) is 0 Å². The van der Waals surface area contributed by atoms with Crippen molar-refractivity contribution in [2.45, 2.75) is 19.4 Å². The Labute approximate surface area is 104 Å². The molecule has 94 valence electrons. The number of fused-ring (bicyclic) bond motifs is 1. The van der Waals surface area contributed by atoms with Crippen LogP contribution in [0.25, 0.3) is 11.0 Å². The lowest BCUT2D eigenvalue weighted by atomic mass is 9.98. The highest BCUT2D eigenvalue weighted by Gasteiger charge is 2.31. The number of nitrogens with one attached hydrogen (secondary N) is 1. The van der Waals surface area contributed by atoms with Crippen LogP contribution in [-0.4, -0.2) is 22.8 Å². The summed E-state index contributed by atoms with van der Waals surface area (Å²) in [6.07, 6.45) is 0.591. The first kappa shape index (κ1) is 11.2. The van der Waals surface area contributed by atoms with E-state index in [9.17, 15) is 4.79 Å². The van der Waals surface area contributed by atoms with Crippen molar-refractivity contribution in [1.82, 2.24) is 10.5 Å². The summed E-state index contributed by atoms with van der Waals surface area (Å²) >= 11 is 0. The maximum Gasteiger partial charge on any atom is 0.307 e. The van der Waals surface area contributed by atoms with Crippen LogP contribution >= 0.6 is 0 Å². The molecule has 5 nitrogen and oxygen atoms in total. The minimum Gasteiger partial charge on any atom is -0.481 e. The van der Waals surface area contributed by atoms with Crippen molar-refractivity contribution in [3.05, 3.63) is 29.5 Å². The minimum absolute atomic E-state index is 0.0298. The van der Waals surface area contributed by atoms with Gasteiger partial charge in [-0.2, -0.15) is 0 Å². The molecular formula is C13H14N2O3. The van der Waals surface area contributed by atoms with Gasteiger partial charge in [0, 0.05) is 23.5 Å². The van der Waals surface area contributed by atoms with Crippen LogP contribution in [0.2, 0.25) is 0 Å². The molecule has 0 amide bonds. The van der Waals surface area contributed by atoms with Gasteiger partial charge in [-0.05, 0) is 19.4 Å². The average Bonchev–Trinajstić information content (AvgIpc) is 2.97. The molecule has 2 aromatic rings. The van der Waals surface area contributed by atoms with Gasteiger partial charge in [0.25, 0.3) is 0 Å². The SMILES string of the molecule is Cc1noc2c(C3CC(C(=O)O)CN3)cccc12. The van der Waals surface area contributed by atoms with Crippen molar-refractivity contribution < 1.29 is 14.4 Å². The monoisotopic (exact) mass is 246 g/mol. The lowest BCUT2D eigenvalue weighted by Crippen LogP contribution is -2.17. The number of nitrogens with zero attached hydrogens (tertiary/aromatic N) is 1.